The van der Waals surface area contributed by atoms with E-state index in [2.05, 4.69) is 62.4 Å². The van der Waals surface area contributed by atoms with Crippen molar-refractivity contribution in [3.63, 3.8) is 0 Å². The molecule has 9 nitrogen and oxygen atoms in total. The third-order valence-corrected chi connectivity index (χ3v) is 8.83. The quantitative estimate of drug-likeness (QED) is 0.0643. The van der Waals surface area contributed by atoms with E-state index in [-0.39, 0.29) is 43.6 Å². The SMILES string of the molecule is CCCCCc1ccc(OCC(=O)Nc2cc(=O)n(CCOC(=O)COc3ccc(CCCCC)cc3CCCCC)[nH]2)c(CCCCC)c1. The molecule has 0 bridgehead atoms. The second-order valence-electron chi connectivity index (χ2n) is 13.2. The molecule has 0 aliphatic heterocycles. The van der Waals surface area contributed by atoms with Crippen molar-refractivity contribution in [2.24, 2.45) is 0 Å². The predicted molar refractivity (Wildman–Crippen MR) is 201 cm³/mol. The van der Waals surface area contributed by atoms with Crippen molar-refractivity contribution >= 4 is 17.7 Å². The number of esters is 1. The van der Waals surface area contributed by atoms with Gasteiger partial charge in [0.25, 0.3) is 11.5 Å². The van der Waals surface area contributed by atoms with Crippen LogP contribution in [0.1, 0.15) is 127 Å². The number of nitrogens with zero attached hydrogens (tertiary/aromatic N) is 1. The van der Waals surface area contributed by atoms with Crippen LogP contribution in [0.15, 0.2) is 47.3 Å². The summed E-state index contributed by atoms with van der Waals surface area (Å²) in [6, 6.07) is 13.8. The van der Waals surface area contributed by atoms with E-state index in [0.717, 1.165) is 99.7 Å². The molecule has 276 valence electrons. The van der Waals surface area contributed by atoms with Crippen molar-refractivity contribution < 1.29 is 23.8 Å². The minimum Gasteiger partial charge on any atom is -0.483 e. The molecular weight excluding hydrogens is 630 g/mol. The van der Waals surface area contributed by atoms with Crippen LogP contribution in [0.5, 0.6) is 11.5 Å². The molecule has 2 aromatic carbocycles. The maximum atomic E-state index is 12.7. The Hall–Kier alpha value is -4.01. The fourth-order valence-electron chi connectivity index (χ4n) is 5.96. The smallest absolute Gasteiger partial charge is 0.344 e. The number of aryl methyl sites for hydroxylation is 4. The lowest BCUT2D eigenvalue weighted by atomic mass is 10.0. The van der Waals surface area contributed by atoms with Crippen LogP contribution < -0.4 is 20.3 Å². The largest absolute Gasteiger partial charge is 0.483 e. The first kappa shape index (κ1) is 40.4. The van der Waals surface area contributed by atoms with Crippen LogP contribution in [0.25, 0.3) is 0 Å². The number of carbonyl (C=O) groups is 2. The van der Waals surface area contributed by atoms with Crippen molar-refractivity contribution in [2.75, 3.05) is 25.1 Å². The molecule has 1 heterocycles. The van der Waals surface area contributed by atoms with Gasteiger partial charge in [0.15, 0.2) is 13.2 Å². The van der Waals surface area contributed by atoms with Crippen molar-refractivity contribution in [1.82, 2.24) is 9.78 Å². The molecule has 1 amide bonds. The number of aromatic nitrogens is 2. The van der Waals surface area contributed by atoms with Crippen LogP contribution in [0, 0.1) is 0 Å². The number of nitrogens with one attached hydrogen (secondary N) is 2. The molecule has 9 heteroatoms. The number of benzene rings is 2. The van der Waals surface area contributed by atoms with E-state index in [1.807, 2.05) is 12.1 Å². The van der Waals surface area contributed by atoms with Gasteiger partial charge in [-0.05, 0) is 85.8 Å². The molecule has 3 rings (SSSR count). The number of rotatable bonds is 26. The second kappa shape index (κ2) is 23.4. The van der Waals surface area contributed by atoms with Gasteiger partial charge >= 0.3 is 5.97 Å². The fraction of sp³-hybridized carbons (Fsp3) is 0.585. The molecule has 0 saturated heterocycles. The molecule has 2 N–H and O–H groups in total. The maximum absolute atomic E-state index is 12.7. The van der Waals surface area contributed by atoms with Crippen LogP contribution in [0.3, 0.4) is 0 Å². The molecule has 1 aromatic heterocycles. The molecule has 50 heavy (non-hydrogen) atoms. The fourth-order valence-corrected chi connectivity index (χ4v) is 5.96. The first-order chi connectivity index (χ1) is 24.4. The van der Waals surface area contributed by atoms with Gasteiger partial charge < -0.3 is 19.5 Å². The van der Waals surface area contributed by atoms with E-state index in [9.17, 15) is 14.4 Å². The van der Waals surface area contributed by atoms with Gasteiger partial charge in [-0.3, -0.25) is 14.7 Å². The van der Waals surface area contributed by atoms with E-state index in [0.29, 0.717) is 0 Å². The Morgan fingerprint density at radius 1 is 0.660 bits per heavy atom. The van der Waals surface area contributed by atoms with Crippen molar-refractivity contribution in [3.8, 4) is 11.5 Å². The average molecular weight is 692 g/mol. The van der Waals surface area contributed by atoms with Crippen LogP contribution in [-0.4, -0.2) is 41.5 Å². The highest BCUT2D eigenvalue weighted by Crippen LogP contribution is 2.25. The zero-order valence-corrected chi connectivity index (χ0v) is 31.1. The molecular formula is C41H61N3O6. The number of aromatic amines is 1. The summed E-state index contributed by atoms with van der Waals surface area (Å²) in [5, 5.41) is 5.57. The Bertz CT molecular complexity index is 1490. The number of ether oxygens (including phenoxy) is 3. The highest BCUT2D eigenvalue weighted by Gasteiger charge is 2.13. The lowest BCUT2D eigenvalue weighted by molar-refractivity contribution is -0.146. The Morgan fingerprint density at radius 2 is 1.16 bits per heavy atom. The number of hydrogen-bond acceptors (Lipinski definition) is 6. The minimum absolute atomic E-state index is 0.0198. The number of unbranched alkanes of at least 4 members (excludes halogenated alkanes) is 8. The summed E-state index contributed by atoms with van der Waals surface area (Å²) in [7, 11) is 0. The second-order valence-corrected chi connectivity index (χ2v) is 13.2. The maximum Gasteiger partial charge on any atom is 0.344 e. The van der Waals surface area contributed by atoms with Gasteiger partial charge in [-0.2, -0.15) is 0 Å². The number of amides is 1. The Kier molecular flexibility index (Phi) is 18.9. The van der Waals surface area contributed by atoms with Crippen LogP contribution >= 0.6 is 0 Å². The normalized spacial score (nSPS) is 11.0. The highest BCUT2D eigenvalue weighted by molar-refractivity contribution is 5.90. The molecule has 0 saturated carbocycles. The Morgan fingerprint density at radius 3 is 1.68 bits per heavy atom. The first-order valence-electron chi connectivity index (χ1n) is 19.1. The number of anilines is 1. The Labute approximate surface area is 299 Å². The number of hydrogen-bond donors (Lipinski definition) is 2. The van der Waals surface area contributed by atoms with Gasteiger partial charge in [0.2, 0.25) is 0 Å². The highest BCUT2D eigenvalue weighted by atomic mass is 16.6. The molecule has 0 atom stereocenters. The molecule has 0 fully saturated rings. The molecule has 0 unspecified atom stereocenters. The van der Waals surface area contributed by atoms with E-state index in [1.165, 1.54) is 47.6 Å². The zero-order chi connectivity index (χ0) is 36.0. The van der Waals surface area contributed by atoms with Gasteiger partial charge in [-0.1, -0.05) is 103 Å². The molecule has 0 aliphatic rings. The van der Waals surface area contributed by atoms with E-state index >= 15 is 0 Å². The first-order valence-corrected chi connectivity index (χ1v) is 19.1. The average Bonchev–Trinajstić information content (AvgIpc) is 3.45. The van der Waals surface area contributed by atoms with E-state index < -0.39 is 5.97 Å². The van der Waals surface area contributed by atoms with E-state index in [4.69, 9.17) is 14.2 Å². The lowest BCUT2D eigenvalue weighted by Gasteiger charge is -2.14. The molecule has 0 spiro atoms. The standard InChI is InChI=1S/C41H61N3O6/c1-5-9-13-17-32-21-23-36(34(27-32)19-15-11-7-3)49-30-39(45)42-38-29-40(46)44(43-38)25-26-48-41(47)31-50-37-24-22-33(18-14-10-6-2)28-35(37)20-16-12-8-4/h21-24,27-29,43H,5-20,25-26,30-31H2,1-4H3,(H,42,45). The number of carbonyl (C=O) groups excluding carboxylic acids is 2. The summed E-state index contributed by atoms with van der Waals surface area (Å²) in [5.74, 6) is 0.803. The van der Waals surface area contributed by atoms with E-state index in [1.54, 1.807) is 0 Å². The lowest BCUT2D eigenvalue weighted by Crippen LogP contribution is -2.23. The minimum atomic E-state index is -0.509. The Balaban J connectivity index is 1.47. The number of H-pyrrole nitrogens is 1. The summed E-state index contributed by atoms with van der Waals surface area (Å²) in [6.45, 7) is 8.48. The van der Waals surface area contributed by atoms with Crippen LogP contribution in [0.4, 0.5) is 5.82 Å². The monoisotopic (exact) mass is 691 g/mol. The van der Waals surface area contributed by atoms with Gasteiger partial charge in [0.05, 0.1) is 6.54 Å². The van der Waals surface area contributed by atoms with Gasteiger partial charge in [-0.25, -0.2) is 9.48 Å². The summed E-state index contributed by atoms with van der Waals surface area (Å²) < 4.78 is 18.5. The predicted octanol–water partition coefficient (Wildman–Crippen LogP) is 8.75. The molecule has 0 aliphatic carbocycles. The summed E-state index contributed by atoms with van der Waals surface area (Å²) in [6.07, 6.45) is 17.7. The van der Waals surface area contributed by atoms with Gasteiger partial charge in [0, 0.05) is 6.07 Å². The van der Waals surface area contributed by atoms with Crippen LogP contribution in [-0.2, 0) is 46.6 Å². The third kappa shape index (κ3) is 14.9. The van der Waals surface area contributed by atoms with Crippen molar-refractivity contribution in [2.45, 2.75) is 137 Å². The van der Waals surface area contributed by atoms with Gasteiger partial charge in [-0.15, -0.1) is 0 Å². The summed E-state index contributed by atoms with van der Waals surface area (Å²) in [5.41, 5.74) is 4.51. The third-order valence-electron chi connectivity index (χ3n) is 8.83. The van der Waals surface area contributed by atoms with Gasteiger partial charge in [0.1, 0.15) is 23.9 Å². The molecule has 0 radical (unpaired) electrons. The van der Waals surface area contributed by atoms with Crippen molar-refractivity contribution in [1.29, 1.82) is 0 Å². The summed E-state index contributed by atoms with van der Waals surface area (Å²) in [4.78, 5) is 37.8. The topological polar surface area (TPSA) is 112 Å². The zero-order valence-electron chi connectivity index (χ0n) is 31.1. The summed E-state index contributed by atoms with van der Waals surface area (Å²) >= 11 is 0. The molecule has 3 aromatic rings. The van der Waals surface area contributed by atoms with Crippen LogP contribution in [0.2, 0.25) is 0 Å². The van der Waals surface area contributed by atoms with Crippen molar-refractivity contribution in [3.05, 3.63) is 75.1 Å².